The number of aliphatic hydroxyl groups is 2. The molecular weight excluding hydrogens is 817 g/mol. The maximum Gasteiger partial charge on any atom is 0.143 e. The van der Waals surface area contributed by atoms with Gasteiger partial charge in [0.15, 0.2) is 0 Å². The fourth-order valence-corrected chi connectivity index (χ4v) is 9.12. The summed E-state index contributed by atoms with van der Waals surface area (Å²) < 4.78 is 27.9. The zero-order chi connectivity index (χ0) is 46.1. The standard InChI is InChI=1S/C60H74O6/c1-3-5-7-9-11-31-45-63-55(47-65-59(49-33-19-13-20-34-49,50-35-21-14-22-36-50)51-37-23-15-24-38-51)57(61)58(62)56(64-46-32-12-10-8-6-4-2)48-66-60(52-39-25-16-26-40-52,53-41-27-17-28-42-53)54-43-29-18-30-44-54/h13-30,33-44,55-58,61-62H,3-12,31-32,45-48H2,1-2H3/t55-,56-,57-,58-/m1/s1. The van der Waals surface area contributed by atoms with E-state index in [1.165, 1.54) is 38.5 Å². The smallest absolute Gasteiger partial charge is 0.143 e. The van der Waals surface area contributed by atoms with E-state index in [4.69, 9.17) is 18.9 Å². The van der Waals surface area contributed by atoms with Crippen LogP contribution >= 0.6 is 0 Å². The lowest BCUT2D eigenvalue weighted by Gasteiger charge is -2.40. The highest BCUT2D eigenvalue weighted by Gasteiger charge is 2.43. The molecule has 0 aliphatic rings. The first-order chi connectivity index (χ1) is 32.5. The van der Waals surface area contributed by atoms with Crippen molar-refractivity contribution >= 4 is 0 Å². The molecule has 0 bridgehead atoms. The number of aliphatic hydroxyl groups excluding tert-OH is 2. The van der Waals surface area contributed by atoms with Gasteiger partial charge in [0.2, 0.25) is 0 Å². The van der Waals surface area contributed by atoms with E-state index in [1.807, 2.05) is 109 Å². The highest BCUT2D eigenvalue weighted by atomic mass is 16.6. The van der Waals surface area contributed by atoms with Gasteiger partial charge >= 0.3 is 0 Å². The molecule has 6 heteroatoms. The maximum atomic E-state index is 12.6. The Morgan fingerprint density at radius 3 is 0.803 bits per heavy atom. The molecule has 6 aromatic rings. The van der Waals surface area contributed by atoms with Gasteiger partial charge in [-0.05, 0) is 46.2 Å². The summed E-state index contributed by atoms with van der Waals surface area (Å²) in [6.45, 7) is 5.25. The third kappa shape index (κ3) is 13.6. The zero-order valence-electron chi connectivity index (χ0n) is 39.5. The van der Waals surface area contributed by atoms with Crippen molar-refractivity contribution in [1.29, 1.82) is 0 Å². The van der Waals surface area contributed by atoms with Gasteiger partial charge in [-0.3, -0.25) is 0 Å². The van der Waals surface area contributed by atoms with E-state index < -0.39 is 35.6 Å². The molecule has 0 aliphatic carbocycles. The molecule has 0 radical (unpaired) electrons. The average Bonchev–Trinajstić information content (AvgIpc) is 3.38. The van der Waals surface area contributed by atoms with Gasteiger partial charge in [0.25, 0.3) is 0 Å². The molecule has 0 aromatic heterocycles. The van der Waals surface area contributed by atoms with Crippen LogP contribution in [0.5, 0.6) is 0 Å². The van der Waals surface area contributed by atoms with Crippen LogP contribution in [-0.2, 0) is 30.1 Å². The molecule has 0 amide bonds. The number of hydrogen-bond donors (Lipinski definition) is 2. The Labute approximate surface area is 396 Å². The molecule has 0 heterocycles. The maximum absolute atomic E-state index is 12.6. The Balaban J connectivity index is 1.35. The Hall–Kier alpha value is -4.92. The summed E-state index contributed by atoms with van der Waals surface area (Å²) in [4.78, 5) is 0. The minimum atomic E-state index is -1.39. The first-order valence-electron chi connectivity index (χ1n) is 24.7. The second kappa shape index (κ2) is 27.7. The van der Waals surface area contributed by atoms with Crippen molar-refractivity contribution < 1.29 is 29.2 Å². The predicted molar refractivity (Wildman–Crippen MR) is 269 cm³/mol. The Bertz CT molecular complexity index is 1790. The molecule has 0 fully saturated rings. The van der Waals surface area contributed by atoms with Crippen LogP contribution in [0.3, 0.4) is 0 Å². The lowest BCUT2D eigenvalue weighted by molar-refractivity contribution is -0.177. The van der Waals surface area contributed by atoms with E-state index in [9.17, 15) is 10.2 Å². The van der Waals surface area contributed by atoms with Crippen molar-refractivity contribution in [1.82, 2.24) is 0 Å². The van der Waals surface area contributed by atoms with Crippen LogP contribution in [0.4, 0.5) is 0 Å². The van der Waals surface area contributed by atoms with Crippen LogP contribution in [-0.4, -0.2) is 61.1 Å². The van der Waals surface area contributed by atoms with Crippen LogP contribution in [0, 0.1) is 0 Å². The predicted octanol–water partition coefficient (Wildman–Crippen LogP) is 13.2. The number of ether oxygens (including phenoxy) is 4. The van der Waals surface area contributed by atoms with E-state index in [-0.39, 0.29) is 13.2 Å². The summed E-state index contributed by atoms with van der Waals surface area (Å²) in [5.74, 6) is 0. The first-order valence-corrected chi connectivity index (χ1v) is 24.7. The van der Waals surface area contributed by atoms with Crippen LogP contribution < -0.4 is 0 Å². The largest absolute Gasteiger partial charge is 0.388 e. The number of hydrogen-bond acceptors (Lipinski definition) is 6. The summed E-state index contributed by atoms with van der Waals surface area (Å²) in [7, 11) is 0. The van der Waals surface area contributed by atoms with Crippen molar-refractivity contribution in [3.8, 4) is 0 Å². The monoisotopic (exact) mass is 891 g/mol. The summed E-state index contributed by atoms with van der Waals surface area (Å²) >= 11 is 0. The van der Waals surface area contributed by atoms with Crippen molar-refractivity contribution in [3.63, 3.8) is 0 Å². The number of rotatable bonds is 31. The summed E-state index contributed by atoms with van der Waals surface area (Å²) in [5, 5.41) is 25.2. The van der Waals surface area contributed by atoms with E-state index in [1.54, 1.807) is 0 Å². The molecule has 0 saturated heterocycles. The molecule has 66 heavy (non-hydrogen) atoms. The van der Waals surface area contributed by atoms with Gasteiger partial charge in [0, 0.05) is 13.2 Å². The van der Waals surface area contributed by atoms with Gasteiger partial charge in [-0.25, -0.2) is 0 Å². The zero-order valence-corrected chi connectivity index (χ0v) is 39.5. The minimum absolute atomic E-state index is 0.0142. The third-order valence-electron chi connectivity index (χ3n) is 12.8. The molecule has 2 N–H and O–H groups in total. The van der Waals surface area contributed by atoms with Crippen LogP contribution in [0.1, 0.15) is 124 Å². The van der Waals surface area contributed by atoms with Gasteiger partial charge in [0.05, 0.1) is 13.2 Å². The summed E-state index contributed by atoms with van der Waals surface area (Å²) in [5.41, 5.74) is 3.57. The third-order valence-corrected chi connectivity index (χ3v) is 12.8. The topological polar surface area (TPSA) is 77.4 Å². The Morgan fingerprint density at radius 1 is 0.333 bits per heavy atom. The van der Waals surface area contributed by atoms with Gasteiger partial charge < -0.3 is 29.2 Å². The highest BCUT2D eigenvalue weighted by Crippen LogP contribution is 2.42. The minimum Gasteiger partial charge on any atom is -0.388 e. The molecule has 4 atom stereocenters. The van der Waals surface area contributed by atoms with Gasteiger partial charge in [-0.2, -0.15) is 0 Å². The quantitative estimate of drug-likeness (QED) is 0.0334. The van der Waals surface area contributed by atoms with E-state index in [0.29, 0.717) is 13.2 Å². The van der Waals surface area contributed by atoms with Crippen molar-refractivity contribution in [3.05, 3.63) is 215 Å². The fourth-order valence-electron chi connectivity index (χ4n) is 9.12. The molecular formula is C60H74O6. The summed E-state index contributed by atoms with van der Waals surface area (Å²) in [6.07, 6.45) is 8.53. The van der Waals surface area contributed by atoms with Gasteiger partial charge in [-0.15, -0.1) is 0 Å². The number of unbranched alkanes of at least 4 members (excludes halogenated alkanes) is 10. The van der Waals surface area contributed by atoms with Crippen molar-refractivity contribution in [2.45, 2.75) is 127 Å². The van der Waals surface area contributed by atoms with Crippen LogP contribution in [0.25, 0.3) is 0 Å². The highest BCUT2D eigenvalue weighted by molar-refractivity contribution is 5.49. The van der Waals surface area contributed by atoms with Gasteiger partial charge in [0.1, 0.15) is 35.6 Å². The lowest BCUT2D eigenvalue weighted by Crippen LogP contribution is -2.51. The van der Waals surface area contributed by atoms with Crippen LogP contribution in [0.15, 0.2) is 182 Å². The summed E-state index contributed by atoms with van der Waals surface area (Å²) in [6, 6.07) is 61.3. The van der Waals surface area contributed by atoms with Gasteiger partial charge in [-0.1, -0.05) is 260 Å². The van der Waals surface area contributed by atoms with Crippen molar-refractivity contribution in [2.24, 2.45) is 0 Å². The Kier molecular flexibility index (Phi) is 21.2. The molecule has 6 rings (SSSR count). The average molecular weight is 891 g/mol. The van der Waals surface area contributed by atoms with E-state index >= 15 is 0 Å². The molecule has 350 valence electrons. The second-order valence-electron chi connectivity index (χ2n) is 17.5. The van der Waals surface area contributed by atoms with E-state index in [2.05, 4.69) is 86.6 Å². The number of benzene rings is 6. The molecule has 0 unspecified atom stereocenters. The lowest BCUT2D eigenvalue weighted by atomic mass is 9.80. The molecule has 0 spiro atoms. The first kappa shape index (κ1) is 50.5. The van der Waals surface area contributed by atoms with Crippen molar-refractivity contribution in [2.75, 3.05) is 26.4 Å². The molecule has 6 nitrogen and oxygen atoms in total. The van der Waals surface area contributed by atoms with Crippen LogP contribution in [0.2, 0.25) is 0 Å². The normalized spacial score (nSPS) is 13.8. The SMILES string of the molecule is CCCCCCCCO[C@H](COC(c1ccccc1)(c1ccccc1)c1ccccc1)[C@@H](O)[C@H](O)[C@@H](COC(c1ccccc1)(c1ccccc1)c1ccccc1)OCCCCCCCC. The fraction of sp³-hybridized carbons (Fsp3) is 0.400. The molecule has 0 saturated carbocycles. The van der Waals surface area contributed by atoms with E-state index in [0.717, 1.165) is 71.9 Å². The molecule has 0 aliphatic heterocycles. The Morgan fingerprint density at radius 2 is 0.561 bits per heavy atom. The second-order valence-corrected chi connectivity index (χ2v) is 17.5. The molecule has 6 aromatic carbocycles.